The maximum absolute atomic E-state index is 5.51. The summed E-state index contributed by atoms with van der Waals surface area (Å²) in [5.41, 5.74) is 3.67. The second-order valence-electron chi connectivity index (χ2n) is 5.26. The molecule has 1 unspecified atom stereocenters. The van der Waals surface area contributed by atoms with E-state index in [9.17, 15) is 0 Å². The summed E-state index contributed by atoms with van der Waals surface area (Å²) < 4.78 is 2.98. The van der Waals surface area contributed by atoms with Crippen molar-refractivity contribution in [3.05, 3.63) is 62.7 Å². The second-order valence-corrected chi connectivity index (χ2v) is 7.11. The number of aromatic nitrogens is 2. The topological polar surface area (TPSA) is 20.7 Å². The number of hydrogen-bond donors (Lipinski definition) is 1. The van der Waals surface area contributed by atoms with E-state index in [0.717, 1.165) is 10.5 Å². The van der Waals surface area contributed by atoms with Crippen molar-refractivity contribution in [1.82, 2.24) is 9.55 Å². The van der Waals surface area contributed by atoms with Crippen LogP contribution in [0.25, 0.3) is 11.3 Å². The summed E-state index contributed by atoms with van der Waals surface area (Å²) in [5, 5.41) is 0. The standard InChI is InChI=1S/C17H18N2S2/c1-11-9-15(13(3)21-11)12(2)19-16(10-18-17(19)20)14-7-5-4-6-8-14/h4-10,12H,1-3H3,(H,18,20). The van der Waals surface area contributed by atoms with Crippen LogP contribution in [0.5, 0.6) is 0 Å². The lowest BCUT2D eigenvalue weighted by atomic mass is 10.1. The van der Waals surface area contributed by atoms with Gasteiger partial charge in [0.15, 0.2) is 4.77 Å². The lowest BCUT2D eigenvalue weighted by Gasteiger charge is -2.17. The minimum absolute atomic E-state index is 0.226. The highest BCUT2D eigenvalue weighted by atomic mass is 32.1. The summed E-state index contributed by atoms with van der Waals surface area (Å²) in [6, 6.07) is 12.9. The van der Waals surface area contributed by atoms with E-state index in [-0.39, 0.29) is 6.04 Å². The Morgan fingerprint density at radius 3 is 2.52 bits per heavy atom. The summed E-state index contributed by atoms with van der Waals surface area (Å²) in [6.45, 7) is 6.55. The molecule has 3 rings (SSSR count). The molecule has 0 bridgehead atoms. The highest BCUT2D eigenvalue weighted by Gasteiger charge is 2.17. The molecule has 2 heterocycles. The van der Waals surface area contributed by atoms with Gasteiger partial charge in [-0.2, -0.15) is 0 Å². The van der Waals surface area contributed by atoms with E-state index in [2.05, 4.69) is 60.7 Å². The number of imidazole rings is 1. The minimum atomic E-state index is 0.226. The number of aromatic amines is 1. The molecular formula is C17H18N2S2. The molecule has 0 saturated carbocycles. The monoisotopic (exact) mass is 314 g/mol. The molecule has 3 aromatic rings. The van der Waals surface area contributed by atoms with Crippen molar-refractivity contribution in [3.8, 4) is 11.3 Å². The normalized spacial score (nSPS) is 12.5. The van der Waals surface area contributed by atoms with E-state index in [1.54, 1.807) is 0 Å². The van der Waals surface area contributed by atoms with E-state index >= 15 is 0 Å². The number of aryl methyl sites for hydroxylation is 2. The molecule has 0 fully saturated rings. The Morgan fingerprint density at radius 2 is 1.90 bits per heavy atom. The number of nitrogens with one attached hydrogen (secondary N) is 1. The Kier molecular flexibility index (Phi) is 3.83. The maximum Gasteiger partial charge on any atom is 0.178 e. The summed E-state index contributed by atoms with van der Waals surface area (Å²) in [4.78, 5) is 5.90. The molecule has 2 nitrogen and oxygen atoms in total. The molecule has 1 aromatic carbocycles. The molecule has 0 saturated heterocycles. The van der Waals surface area contributed by atoms with Crippen molar-refractivity contribution >= 4 is 23.6 Å². The van der Waals surface area contributed by atoms with Gasteiger partial charge in [0.1, 0.15) is 0 Å². The van der Waals surface area contributed by atoms with Gasteiger partial charge in [0, 0.05) is 16.0 Å². The first-order chi connectivity index (χ1) is 10.1. The second kappa shape index (κ2) is 5.62. The average Bonchev–Trinajstić information content (AvgIpc) is 3.02. The summed E-state index contributed by atoms with van der Waals surface area (Å²) in [6.07, 6.45) is 2.00. The lowest BCUT2D eigenvalue weighted by molar-refractivity contribution is 0.635. The van der Waals surface area contributed by atoms with Crippen molar-refractivity contribution in [2.45, 2.75) is 26.8 Å². The Balaban J connectivity index is 2.13. The molecule has 0 spiro atoms. The molecule has 1 atom stereocenters. The van der Waals surface area contributed by atoms with E-state index in [1.165, 1.54) is 20.9 Å². The van der Waals surface area contributed by atoms with Crippen molar-refractivity contribution in [1.29, 1.82) is 0 Å². The largest absolute Gasteiger partial charge is 0.337 e. The zero-order valence-electron chi connectivity index (χ0n) is 12.4. The number of rotatable bonds is 3. The van der Waals surface area contributed by atoms with Gasteiger partial charge in [0.05, 0.1) is 11.7 Å². The fourth-order valence-corrected chi connectivity index (χ4v) is 4.13. The van der Waals surface area contributed by atoms with Gasteiger partial charge in [-0.3, -0.25) is 0 Å². The lowest BCUT2D eigenvalue weighted by Crippen LogP contribution is -2.08. The fourth-order valence-electron chi connectivity index (χ4n) is 2.80. The van der Waals surface area contributed by atoms with Crippen LogP contribution in [0.15, 0.2) is 42.6 Å². The average molecular weight is 314 g/mol. The molecule has 21 heavy (non-hydrogen) atoms. The number of H-pyrrole nitrogens is 1. The van der Waals surface area contributed by atoms with Crippen LogP contribution in [0, 0.1) is 18.6 Å². The third-order valence-corrected chi connectivity index (χ3v) is 5.09. The zero-order valence-corrected chi connectivity index (χ0v) is 14.0. The summed E-state index contributed by atoms with van der Waals surface area (Å²) in [5.74, 6) is 0. The Morgan fingerprint density at radius 1 is 1.19 bits per heavy atom. The first-order valence-corrected chi connectivity index (χ1v) is 8.22. The number of thiophene rings is 1. The smallest absolute Gasteiger partial charge is 0.178 e. The molecule has 0 aliphatic rings. The van der Waals surface area contributed by atoms with Crippen molar-refractivity contribution in [2.75, 3.05) is 0 Å². The SMILES string of the molecule is Cc1cc(C(C)n2c(-c3ccccc3)c[nH]c2=S)c(C)s1. The van der Waals surface area contributed by atoms with Crippen LogP contribution in [0.2, 0.25) is 0 Å². The van der Waals surface area contributed by atoms with Gasteiger partial charge >= 0.3 is 0 Å². The Bertz CT molecular complexity index is 809. The third kappa shape index (κ3) is 2.61. The molecular weight excluding hydrogens is 296 g/mol. The van der Waals surface area contributed by atoms with E-state index < -0.39 is 0 Å². The van der Waals surface area contributed by atoms with Crippen molar-refractivity contribution in [2.24, 2.45) is 0 Å². The summed E-state index contributed by atoms with van der Waals surface area (Å²) in [7, 11) is 0. The van der Waals surface area contributed by atoms with Gasteiger partial charge < -0.3 is 9.55 Å². The van der Waals surface area contributed by atoms with Crippen LogP contribution in [0.3, 0.4) is 0 Å². The van der Waals surface area contributed by atoms with E-state index in [0.29, 0.717) is 0 Å². The van der Waals surface area contributed by atoms with Crippen LogP contribution < -0.4 is 0 Å². The maximum atomic E-state index is 5.51. The van der Waals surface area contributed by atoms with Crippen LogP contribution in [0.4, 0.5) is 0 Å². The molecule has 0 amide bonds. The highest BCUT2D eigenvalue weighted by molar-refractivity contribution is 7.71. The van der Waals surface area contributed by atoms with Crippen LogP contribution in [-0.4, -0.2) is 9.55 Å². The van der Waals surface area contributed by atoms with Gasteiger partial charge in [-0.05, 0) is 50.2 Å². The van der Waals surface area contributed by atoms with Crippen LogP contribution in [0.1, 0.15) is 28.3 Å². The number of benzene rings is 1. The molecule has 0 aliphatic carbocycles. The van der Waals surface area contributed by atoms with Crippen molar-refractivity contribution in [3.63, 3.8) is 0 Å². The van der Waals surface area contributed by atoms with E-state index in [4.69, 9.17) is 12.2 Å². The van der Waals surface area contributed by atoms with Gasteiger partial charge in [-0.1, -0.05) is 30.3 Å². The quantitative estimate of drug-likeness (QED) is 0.633. The predicted octanol–water partition coefficient (Wildman–Crippen LogP) is 5.50. The molecule has 4 heteroatoms. The molecule has 108 valence electrons. The number of hydrogen-bond acceptors (Lipinski definition) is 2. The van der Waals surface area contributed by atoms with E-state index in [1.807, 2.05) is 23.6 Å². The van der Waals surface area contributed by atoms with Crippen LogP contribution in [-0.2, 0) is 0 Å². The molecule has 0 radical (unpaired) electrons. The zero-order chi connectivity index (χ0) is 15.0. The fraction of sp³-hybridized carbons (Fsp3) is 0.235. The molecule has 2 aromatic heterocycles. The highest BCUT2D eigenvalue weighted by Crippen LogP contribution is 2.32. The van der Waals surface area contributed by atoms with Gasteiger partial charge in [0.2, 0.25) is 0 Å². The van der Waals surface area contributed by atoms with Gasteiger partial charge in [-0.15, -0.1) is 11.3 Å². The Labute approximate surface area is 134 Å². The number of nitrogens with zero attached hydrogens (tertiary/aromatic N) is 1. The summed E-state index contributed by atoms with van der Waals surface area (Å²) >= 11 is 7.35. The first kappa shape index (κ1) is 14.3. The predicted molar refractivity (Wildman–Crippen MR) is 92.7 cm³/mol. The van der Waals surface area contributed by atoms with Crippen LogP contribution >= 0.6 is 23.6 Å². The van der Waals surface area contributed by atoms with Gasteiger partial charge in [-0.25, -0.2) is 0 Å². The minimum Gasteiger partial charge on any atom is -0.337 e. The molecule has 1 N–H and O–H groups in total. The third-order valence-electron chi connectivity index (χ3n) is 3.80. The Hall–Kier alpha value is -1.65. The first-order valence-electron chi connectivity index (χ1n) is 7.00. The van der Waals surface area contributed by atoms with Crippen molar-refractivity contribution < 1.29 is 0 Å². The molecule has 0 aliphatic heterocycles. The van der Waals surface area contributed by atoms with Gasteiger partial charge in [0.25, 0.3) is 0 Å².